The molecule has 0 bridgehead atoms. The van der Waals surface area contributed by atoms with Crippen LogP contribution in [0.3, 0.4) is 0 Å². The molecule has 28 heavy (non-hydrogen) atoms. The molecule has 1 atom stereocenters. The lowest BCUT2D eigenvalue weighted by Crippen LogP contribution is -2.48. The van der Waals surface area contributed by atoms with E-state index in [1.54, 1.807) is 20.8 Å². The summed E-state index contributed by atoms with van der Waals surface area (Å²) in [4.78, 5) is 34.3. The summed E-state index contributed by atoms with van der Waals surface area (Å²) in [6.45, 7) is 5.32. The van der Waals surface area contributed by atoms with Gasteiger partial charge in [0.2, 0.25) is 0 Å². The van der Waals surface area contributed by atoms with Crippen LogP contribution in [0.4, 0.5) is 9.59 Å². The van der Waals surface area contributed by atoms with Gasteiger partial charge in [-0.1, -0.05) is 30.3 Å². The summed E-state index contributed by atoms with van der Waals surface area (Å²) in [6, 6.07) is 8.58. The van der Waals surface area contributed by atoms with Crippen LogP contribution in [0.25, 0.3) is 0 Å². The zero-order chi connectivity index (χ0) is 21.0. The Kier molecular flexibility index (Phi) is 9.80. The minimum Gasteiger partial charge on any atom is -0.481 e. The van der Waals surface area contributed by atoms with Crippen LogP contribution >= 0.6 is 0 Å². The summed E-state index contributed by atoms with van der Waals surface area (Å²) >= 11 is 0. The number of carboxylic acid groups (broad SMARTS) is 1. The molecule has 0 aromatic heterocycles. The normalized spacial score (nSPS) is 12.0. The van der Waals surface area contributed by atoms with Crippen LogP contribution < -0.4 is 10.6 Å². The quantitative estimate of drug-likeness (QED) is 0.519. The molecule has 0 unspecified atom stereocenters. The molecule has 0 saturated carbocycles. The maximum atomic E-state index is 11.9. The molecule has 3 N–H and O–H groups in total. The van der Waals surface area contributed by atoms with Crippen LogP contribution in [0.2, 0.25) is 0 Å². The van der Waals surface area contributed by atoms with Crippen LogP contribution in [0.1, 0.15) is 32.8 Å². The first kappa shape index (κ1) is 23.2. The summed E-state index contributed by atoms with van der Waals surface area (Å²) in [5, 5.41) is 13.8. The molecule has 0 spiro atoms. The van der Waals surface area contributed by atoms with E-state index < -0.39 is 29.8 Å². The van der Waals surface area contributed by atoms with Gasteiger partial charge >= 0.3 is 18.2 Å². The fraction of sp³-hybridized carbons (Fsp3) is 0.526. The average Bonchev–Trinajstić information content (AvgIpc) is 2.60. The minimum atomic E-state index is -0.987. The van der Waals surface area contributed by atoms with Crippen LogP contribution in [-0.2, 0) is 25.6 Å². The van der Waals surface area contributed by atoms with E-state index in [1.165, 1.54) is 0 Å². The monoisotopic (exact) mass is 396 g/mol. The van der Waals surface area contributed by atoms with Crippen molar-refractivity contribution in [1.29, 1.82) is 0 Å². The van der Waals surface area contributed by atoms with Crippen LogP contribution in [0.15, 0.2) is 30.3 Å². The maximum absolute atomic E-state index is 11.9. The average molecular weight is 396 g/mol. The molecular weight excluding hydrogens is 368 g/mol. The second kappa shape index (κ2) is 11.8. The number of hydrogen-bond donors (Lipinski definition) is 3. The van der Waals surface area contributed by atoms with E-state index in [1.807, 2.05) is 30.3 Å². The molecule has 1 aromatic rings. The maximum Gasteiger partial charge on any atom is 0.408 e. The van der Waals surface area contributed by atoms with Crippen LogP contribution in [0.5, 0.6) is 0 Å². The van der Waals surface area contributed by atoms with E-state index in [2.05, 4.69) is 10.6 Å². The number of benzene rings is 1. The number of carboxylic acids is 1. The number of ether oxygens (including phenoxy) is 3. The van der Waals surface area contributed by atoms with Gasteiger partial charge in [0, 0.05) is 6.54 Å². The first-order valence-corrected chi connectivity index (χ1v) is 8.89. The van der Waals surface area contributed by atoms with Gasteiger partial charge in [0.1, 0.15) is 12.2 Å². The summed E-state index contributed by atoms with van der Waals surface area (Å²) in [5.41, 5.74) is 0.166. The smallest absolute Gasteiger partial charge is 0.408 e. The zero-order valence-corrected chi connectivity index (χ0v) is 16.4. The second-order valence-electron chi connectivity index (χ2n) is 7.00. The first-order valence-electron chi connectivity index (χ1n) is 8.89. The van der Waals surface area contributed by atoms with Crippen molar-refractivity contribution < 1.29 is 33.7 Å². The third-order valence-corrected chi connectivity index (χ3v) is 3.21. The van der Waals surface area contributed by atoms with Gasteiger partial charge in [-0.2, -0.15) is 0 Å². The van der Waals surface area contributed by atoms with Gasteiger partial charge in [0.05, 0.1) is 25.7 Å². The Morgan fingerprint density at radius 3 is 2.39 bits per heavy atom. The summed E-state index contributed by atoms with van der Waals surface area (Å²) < 4.78 is 15.5. The van der Waals surface area contributed by atoms with Gasteiger partial charge < -0.3 is 30.0 Å². The standard InChI is InChI=1S/C19H28N2O7/c1-19(2,3)28-18(25)21-15(13-26-10-9-16(22)23)11-20-17(24)27-12-14-7-5-4-6-8-14/h4-8,15H,9-13H2,1-3H3,(H,20,24)(H,21,25)(H,22,23)/t15-/m0/s1. The molecule has 156 valence electrons. The van der Waals surface area contributed by atoms with Gasteiger partial charge in [0.15, 0.2) is 0 Å². The minimum absolute atomic E-state index is 0.00544. The van der Waals surface area contributed by atoms with Crippen molar-refractivity contribution in [3.63, 3.8) is 0 Å². The number of carbonyl (C=O) groups excluding carboxylic acids is 2. The van der Waals surface area contributed by atoms with Crippen molar-refractivity contribution in [3.8, 4) is 0 Å². The molecule has 0 heterocycles. The second-order valence-corrected chi connectivity index (χ2v) is 7.00. The highest BCUT2D eigenvalue weighted by Gasteiger charge is 2.20. The highest BCUT2D eigenvalue weighted by atomic mass is 16.6. The van der Waals surface area contributed by atoms with Gasteiger partial charge in [-0.3, -0.25) is 4.79 Å². The molecule has 0 aliphatic heterocycles. The zero-order valence-electron chi connectivity index (χ0n) is 16.4. The van der Waals surface area contributed by atoms with Gasteiger partial charge in [-0.25, -0.2) is 9.59 Å². The Balaban J connectivity index is 2.46. The molecule has 9 heteroatoms. The number of rotatable bonds is 10. The molecule has 0 fully saturated rings. The number of hydrogen-bond acceptors (Lipinski definition) is 6. The van der Waals surface area contributed by atoms with Crippen molar-refractivity contribution in [2.45, 2.75) is 45.4 Å². The molecule has 1 rings (SSSR count). The number of alkyl carbamates (subject to hydrolysis) is 2. The molecule has 9 nitrogen and oxygen atoms in total. The number of nitrogens with one attached hydrogen (secondary N) is 2. The molecule has 0 radical (unpaired) electrons. The summed E-state index contributed by atoms with van der Waals surface area (Å²) in [6.07, 6.45) is -1.48. The molecule has 0 saturated heterocycles. The van der Waals surface area contributed by atoms with Crippen molar-refractivity contribution >= 4 is 18.2 Å². The third-order valence-electron chi connectivity index (χ3n) is 3.21. The van der Waals surface area contributed by atoms with Crippen molar-refractivity contribution in [1.82, 2.24) is 10.6 Å². The summed E-state index contributed by atoms with van der Waals surface area (Å²) in [5.74, 6) is -0.987. The lowest BCUT2D eigenvalue weighted by molar-refractivity contribution is -0.138. The van der Waals surface area contributed by atoms with E-state index in [0.29, 0.717) is 0 Å². The van der Waals surface area contributed by atoms with Crippen LogP contribution in [-0.4, -0.2) is 54.7 Å². The Morgan fingerprint density at radius 1 is 1.11 bits per heavy atom. The van der Waals surface area contributed by atoms with Crippen molar-refractivity contribution in [2.75, 3.05) is 19.8 Å². The van der Waals surface area contributed by atoms with Gasteiger partial charge in [-0.15, -0.1) is 0 Å². The molecular formula is C19H28N2O7. The lowest BCUT2D eigenvalue weighted by Gasteiger charge is -2.23. The number of aliphatic carboxylic acids is 1. The molecule has 2 amide bonds. The highest BCUT2D eigenvalue weighted by Crippen LogP contribution is 2.07. The van der Waals surface area contributed by atoms with E-state index >= 15 is 0 Å². The Labute approximate surface area is 164 Å². The third kappa shape index (κ3) is 11.7. The Bertz CT molecular complexity index is 629. The topological polar surface area (TPSA) is 123 Å². The van der Waals surface area contributed by atoms with E-state index in [4.69, 9.17) is 19.3 Å². The highest BCUT2D eigenvalue weighted by molar-refractivity contribution is 5.69. The predicted molar refractivity (Wildman–Crippen MR) is 101 cm³/mol. The SMILES string of the molecule is CC(C)(C)OC(=O)N[C@@H](CNC(=O)OCc1ccccc1)COCCC(=O)O. The first-order chi connectivity index (χ1) is 13.2. The molecule has 1 aromatic carbocycles. The lowest BCUT2D eigenvalue weighted by atomic mass is 10.2. The Hall–Kier alpha value is -2.81. The fourth-order valence-corrected chi connectivity index (χ4v) is 1.99. The molecule has 0 aliphatic rings. The largest absolute Gasteiger partial charge is 0.481 e. The van der Waals surface area contributed by atoms with Crippen molar-refractivity contribution in [2.24, 2.45) is 0 Å². The van der Waals surface area contributed by atoms with Gasteiger partial charge in [-0.05, 0) is 26.3 Å². The van der Waals surface area contributed by atoms with Crippen molar-refractivity contribution in [3.05, 3.63) is 35.9 Å². The van der Waals surface area contributed by atoms with Crippen LogP contribution in [0, 0.1) is 0 Å². The predicted octanol–water partition coefficient (Wildman–Crippen LogP) is 2.30. The fourth-order valence-electron chi connectivity index (χ4n) is 1.99. The summed E-state index contributed by atoms with van der Waals surface area (Å²) in [7, 11) is 0. The van der Waals surface area contributed by atoms with Gasteiger partial charge in [0.25, 0.3) is 0 Å². The number of amides is 2. The van der Waals surface area contributed by atoms with E-state index in [0.717, 1.165) is 5.56 Å². The number of carbonyl (C=O) groups is 3. The van der Waals surface area contributed by atoms with E-state index in [-0.39, 0.29) is 32.8 Å². The Morgan fingerprint density at radius 2 is 1.79 bits per heavy atom. The molecule has 0 aliphatic carbocycles. The van der Waals surface area contributed by atoms with E-state index in [9.17, 15) is 14.4 Å².